The van der Waals surface area contributed by atoms with Crippen molar-refractivity contribution in [2.24, 2.45) is 11.8 Å². The first kappa shape index (κ1) is 21.2. The summed E-state index contributed by atoms with van der Waals surface area (Å²) in [6.07, 6.45) is 12.7. The third kappa shape index (κ3) is 5.54. The van der Waals surface area contributed by atoms with Crippen LogP contribution in [0.5, 0.6) is 0 Å². The molecule has 30 heavy (non-hydrogen) atoms. The Morgan fingerprint density at radius 2 is 1.10 bits per heavy atom. The minimum Gasteiger partial charge on any atom is -0.0999 e. The maximum absolute atomic E-state index is 4.15. The summed E-state index contributed by atoms with van der Waals surface area (Å²) in [6, 6.07) is 18.8. The molecule has 0 amide bonds. The van der Waals surface area contributed by atoms with Crippen molar-refractivity contribution in [1.82, 2.24) is 0 Å². The molecule has 4 rings (SSSR count). The van der Waals surface area contributed by atoms with Crippen LogP contribution in [0.25, 0.3) is 0 Å². The largest absolute Gasteiger partial charge is 0.0999 e. The fourth-order valence-corrected chi connectivity index (χ4v) is 5.41. The Balaban J connectivity index is 1.28. The zero-order valence-corrected chi connectivity index (χ0v) is 18.8. The molecule has 0 N–H and O–H groups in total. The van der Waals surface area contributed by atoms with Gasteiger partial charge in [-0.3, -0.25) is 0 Å². The van der Waals surface area contributed by atoms with Crippen LogP contribution in [0.2, 0.25) is 0 Å². The van der Waals surface area contributed by atoms with Crippen LogP contribution in [0.1, 0.15) is 86.5 Å². The van der Waals surface area contributed by atoms with E-state index in [9.17, 15) is 0 Å². The van der Waals surface area contributed by atoms with E-state index in [1.54, 1.807) is 0 Å². The van der Waals surface area contributed by atoms with Crippen molar-refractivity contribution in [3.8, 4) is 0 Å². The summed E-state index contributed by atoms with van der Waals surface area (Å²) >= 11 is 0. The average Bonchev–Trinajstić information content (AvgIpc) is 3.38. The van der Waals surface area contributed by atoms with Gasteiger partial charge in [-0.2, -0.15) is 0 Å². The van der Waals surface area contributed by atoms with E-state index in [1.165, 1.54) is 97.6 Å². The summed E-state index contributed by atoms with van der Waals surface area (Å²) in [4.78, 5) is 0. The molecule has 0 aromatic heterocycles. The molecule has 158 valence electrons. The van der Waals surface area contributed by atoms with E-state index in [1.807, 2.05) is 0 Å². The Morgan fingerprint density at radius 3 is 1.43 bits per heavy atom. The molecule has 0 spiro atoms. The van der Waals surface area contributed by atoms with Gasteiger partial charge in [-0.05, 0) is 98.3 Å². The van der Waals surface area contributed by atoms with Crippen molar-refractivity contribution < 1.29 is 0 Å². The second kappa shape index (κ2) is 9.82. The molecule has 0 nitrogen and oxygen atoms in total. The number of rotatable bonds is 8. The first-order chi connectivity index (χ1) is 14.6. The number of hydrogen-bond acceptors (Lipinski definition) is 0. The molecule has 0 aliphatic heterocycles. The highest BCUT2D eigenvalue weighted by Gasteiger charge is 2.18. The number of benzene rings is 2. The summed E-state index contributed by atoms with van der Waals surface area (Å²) in [7, 11) is 0. The van der Waals surface area contributed by atoms with E-state index < -0.39 is 0 Å². The lowest BCUT2D eigenvalue weighted by Crippen LogP contribution is -2.00. The van der Waals surface area contributed by atoms with E-state index in [2.05, 4.69) is 68.6 Å². The smallest absolute Gasteiger partial charge is 0.00610 e. The summed E-state index contributed by atoms with van der Waals surface area (Å²) in [6.45, 7) is 10.6. The standard InChI is InChI=1S/C30H38/c1-22-4-6-27(20-22)10-8-25-12-16-29(17-13-25)24(3)30-18-14-26(15-19-30)9-11-28-7-5-23(2)21-28/h12-19,24,27-28H,1-2,4-11,20-21H2,3H3. The third-order valence-corrected chi connectivity index (χ3v) is 7.61. The molecular weight excluding hydrogens is 360 g/mol. The fraction of sp³-hybridized carbons (Fsp3) is 0.467. The van der Waals surface area contributed by atoms with Gasteiger partial charge in [0.2, 0.25) is 0 Å². The van der Waals surface area contributed by atoms with Crippen molar-refractivity contribution in [2.75, 3.05) is 0 Å². The summed E-state index contributed by atoms with van der Waals surface area (Å²) in [5.74, 6) is 2.17. The number of allylic oxidation sites excluding steroid dienone is 2. The first-order valence-electron chi connectivity index (χ1n) is 12.1. The molecule has 2 saturated carbocycles. The van der Waals surface area contributed by atoms with Crippen LogP contribution in [-0.4, -0.2) is 0 Å². The normalized spacial score (nSPS) is 22.6. The Morgan fingerprint density at radius 1 is 0.700 bits per heavy atom. The molecule has 2 fully saturated rings. The molecule has 0 bridgehead atoms. The Labute approximate surface area is 184 Å². The van der Waals surface area contributed by atoms with Crippen molar-refractivity contribution in [3.63, 3.8) is 0 Å². The van der Waals surface area contributed by atoms with E-state index in [0.29, 0.717) is 5.92 Å². The first-order valence-corrected chi connectivity index (χ1v) is 12.1. The quantitative estimate of drug-likeness (QED) is 0.391. The van der Waals surface area contributed by atoms with Gasteiger partial charge in [-0.15, -0.1) is 0 Å². The van der Waals surface area contributed by atoms with Gasteiger partial charge in [0, 0.05) is 5.92 Å². The van der Waals surface area contributed by atoms with Crippen molar-refractivity contribution >= 4 is 0 Å². The van der Waals surface area contributed by atoms with Crippen LogP contribution in [0.4, 0.5) is 0 Å². The maximum Gasteiger partial charge on any atom is 0.00610 e. The molecule has 0 radical (unpaired) electrons. The molecular formula is C30H38. The molecule has 2 aliphatic rings. The highest BCUT2D eigenvalue weighted by Crippen LogP contribution is 2.33. The molecule has 2 atom stereocenters. The van der Waals surface area contributed by atoms with E-state index in [4.69, 9.17) is 0 Å². The second-order valence-electron chi connectivity index (χ2n) is 10.00. The van der Waals surface area contributed by atoms with Gasteiger partial charge in [-0.1, -0.05) is 79.8 Å². The average molecular weight is 399 g/mol. The van der Waals surface area contributed by atoms with Gasteiger partial charge < -0.3 is 0 Å². The molecule has 2 aromatic carbocycles. The zero-order valence-electron chi connectivity index (χ0n) is 18.8. The lowest BCUT2D eigenvalue weighted by Gasteiger charge is -2.15. The number of hydrogen-bond donors (Lipinski definition) is 0. The van der Waals surface area contributed by atoms with Gasteiger partial charge in [-0.25, -0.2) is 0 Å². The summed E-state index contributed by atoms with van der Waals surface area (Å²) in [5.41, 5.74) is 8.72. The molecule has 2 unspecified atom stereocenters. The summed E-state index contributed by atoms with van der Waals surface area (Å²) in [5, 5.41) is 0. The predicted molar refractivity (Wildman–Crippen MR) is 130 cm³/mol. The summed E-state index contributed by atoms with van der Waals surface area (Å²) < 4.78 is 0. The number of aryl methyl sites for hydroxylation is 2. The highest BCUT2D eigenvalue weighted by molar-refractivity contribution is 5.35. The molecule has 0 heterocycles. The van der Waals surface area contributed by atoms with Crippen LogP contribution < -0.4 is 0 Å². The predicted octanol–water partition coefficient (Wildman–Crippen LogP) is 8.42. The lowest BCUT2D eigenvalue weighted by molar-refractivity contribution is 0.510. The molecule has 0 heteroatoms. The highest BCUT2D eigenvalue weighted by atomic mass is 14.2. The van der Waals surface area contributed by atoms with Crippen molar-refractivity contribution in [1.29, 1.82) is 0 Å². The topological polar surface area (TPSA) is 0 Å². The van der Waals surface area contributed by atoms with Gasteiger partial charge in [0.05, 0.1) is 0 Å². The molecule has 2 aliphatic carbocycles. The van der Waals surface area contributed by atoms with Crippen molar-refractivity contribution in [3.05, 3.63) is 95.1 Å². The van der Waals surface area contributed by atoms with E-state index >= 15 is 0 Å². The second-order valence-corrected chi connectivity index (χ2v) is 10.00. The fourth-order valence-electron chi connectivity index (χ4n) is 5.41. The third-order valence-electron chi connectivity index (χ3n) is 7.61. The van der Waals surface area contributed by atoms with E-state index in [-0.39, 0.29) is 0 Å². The van der Waals surface area contributed by atoms with Crippen molar-refractivity contribution in [2.45, 2.75) is 77.0 Å². The minimum absolute atomic E-state index is 0.449. The molecule has 0 saturated heterocycles. The molecule has 2 aromatic rings. The van der Waals surface area contributed by atoms with Crippen LogP contribution in [0, 0.1) is 11.8 Å². The SMILES string of the molecule is C=C1CCC(CCc2ccc(C(C)c3ccc(CCC4CCC(=C)C4)cc3)cc2)C1. The Hall–Kier alpha value is -2.08. The van der Waals surface area contributed by atoms with Crippen LogP contribution in [-0.2, 0) is 12.8 Å². The van der Waals surface area contributed by atoms with Gasteiger partial charge in [0.15, 0.2) is 0 Å². The van der Waals surface area contributed by atoms with Crippen LogP contribution in [0.15, 0.2) is 72.8 Å². The van der Waals surface area contributed by atoms with Gasteiger partial charge in [0.1, 0.15) is 0 Å². The monoisotopic (exact) mass is 398 g/mol. The van der Waals surface area contributed by atoms with Gasteiger partial charge >= 0.3 is 0 Å². The Bertz CT molecular complexity index is 778. The zero-order chi connectivity index (χ0) is 20.9. The van der Waals surface area contributed by atoms with Crippen LogP contribution in [0.3, 0.4) is 0 Å². The Kier molecular flexibility index (Phi) is 6.93. The lowest BCUT2D eigenvalue weighted by atomic mass is 9.90. The maximum atomic E-state index is 4.15. The van der Waals surface area contributed by atoms with Crippen LogP contribution >= 0.6 is 0 Å². The minimum atomic E-state index is 0.449. The van der Waals surface area contributed by atoms with E-state index in [0.717, 1.165) is 11.8 Å². The van der Waals surface area contributed by atoms with Gasteiger partial charge in [0.25, 0.3) is 0 Å².